The van der Waals surface area contributed by atoms with Gasteiger partial charge in [0.1, 0.15) is 26.8 Å². The number of thiazole rings is 1. The molecule has 2 heterocycles. The van der Waals surface area contributed by atoms with Crippen molar-refractivity contribution in [2.45, 2.75) is 117 Å². The van der Waals surface area contributed by atoms with E-state index in [1.165, 1.54) is 11.3 Å². The van der Waals surface area contributed by atoms with Crippen molar-refractivity contribution >= 4 is 78.4 Å². The van der Waals surface area contributed by atoms with Crippen molar-refractivity contribution in [2.75, 3.05) is 13.2 Å². The summed E-state index contributed by atoms with van der Waals surface area (Å²) in [4.78, 5) is 82.3. The maximum atomic E-state index is 13.7. The van der Waals surface area contributed by atoms with Gasteiger partial charge in [0.25, 0.3) is 0 Å². The molecule has 62 heavy (non-hydrogen) atoms. The molecular formula is C49H57NO10S2. The predicted molar refractivity (Wildman–Crippen MR) is 237 cm³/mol. The molecule has 0 amide bonds. The van der Waals surface area contributed by atoms with Crippen LogP contribution in [-0.2, 0) is 38.2 Å². The average Bonchev–Trinajstić information content (AvgIpc) is 3.95. The van der Waals surface area contributed by atoms with E-state index in [0.717, 1.165) is 71.3 Å². The number of hydrogen-bond acceptors (Lipinski definition) is 13. The molecule has 0 aliphatic heterocycles. The van der Waals surface area contributed by atoms with Gasteiger partial charge < -0.3 is 18.9 Å². The fourth-order valence-electron chi connectivity index (χ4n) is 9.94. The van der Waals surface area contributed by atoms with Crippen LogP contribution >= 0.6 is 22.7 Å². The van der Waals surface area contributed by atoms with E-state index in [9.17, 15) is 28.8 Å². The molecule has 4 saturated carbocycles. The summed E-state index contributed by atoms with van der Waals surface area (Å²) in [5.41, 5.74) is 0.472. The lowest BCUT2D eigenvalue weighted by Crippen LogP contribution is -2.30. The van der Waals surface area contributed by atoms with Gasteiger partial charge in [0.2, 0.25) is 0 Å². The van der Waals surface area contributed by atoms with Gasteiger partial charge in [-0.2, -0.15) is 0 Å². The van der Waals surface area contributed by atoms with E-state index in [2.05, 4.69) is 18.2 Å². The molecule has 0 radical (unpaired) electrons. The quantitative estimate of drug-likeness (QED) is 0.0931. The Morgan fingerprint density at radius 3 is 1.47 bits per heavy atom. The lowest BCUT2D eigenvalue weighted by atomic mass is 9.80. The zero-order valence-corrected chi connectivity index (χ0v) is 37.4. The highest BCUT2D eigenvalue weighted by Gasteiger charge is 2.35. The first-order chi connectivity index (χ1) is 30.0. The number of carbonyl (C=O) groups is 6. The number of hydrogen-bond donors (Lipinski definition) is 0. The van der Waals surface area contributed by atoms with Crippen LogP contribution in [0.25, 0.3) is 30.2 Å². The van der Waals surface area contributed by atoms with E-state index < -0.39 is 0 Å². The Morgan fingerprint density at radius 2 is 0.968 bits per heavy atom. The van der Waals surface area contributed by atoms with Gasteiger partial charge in [0.15, 0.2) is 11.5 Å². The first kappa shape index (κ1) is 44.1. The molecule has 0 unspecified atom stereocenters. The fraction of sp³-hybridized carbons (Fsp3) is 0.571. The number of rotatable bonds is 13. The second kappa shape index (κ2) is 19.9. The van der Waals surface area contributed by atoms with Crippen LogP contribution in [0.3, 0.4) is 0 Å². The average molecular weight is 884 g/mol. The number of fused-ring (bicyclic) bond motifs is 2. The van der Waals surface area contributed by atoms with Gasteiger partial charge in [0.05, 0.1) is 41.8 Å². The Bertz CT molecular complexity index is 2130. The number of thiophene rings is 1. The van der Waals surface area contributed by atoms with Crippen LogP contribution in [0, 0.1) is 47.3 Å². The molecule has 8 rings (SSSR count). The highest BCUT2D eigenvalue weighted by atomic mass is 32.1. The first-order valence-corrected chi connectivity index (χ1v) is 24.3. The standard InChI is InChI=1S/C49H57NO10S2/c1-28(51)32-15-19-34(20-16-32)46(53)57-26-30-7-11-36(12-8-30)48(55)59-39-23-24-40(44-43(39)50-45(62-44)42-25-38-5-3-4-6-41(38)61-42)60-49(56)37-13-9-31(10-14-37)27-58-47(54)35-21-17-33(18-22-35)29(2)52/h3-6,23-25,30-37H,7-22,26-27H2,1-2H3. The molecule has 0 saturated heterocycles. The molecule has 4 fully saturated rings. The van der Waals surface area contributed by atoms with Crippen molar-refractivity contribution in [3.63, 3.8) is 0 Å². The summed E-state index contributed by atoms with van der Waals surface area (Å²) in [6.45, 7) is 3.94. The van der Waals surface area contributed by atoms with Crippen molar-refractivity contribution in [2.24, 2.45) is 47.3 Å². The molecule has 13 heteroatoms. The van der Waals surface area contributed by atoms with Crippen LogP contribution in [0.4, 0.5) is 0 Å². The Kier molecular flexibility index (Phi) is 14.2. The van der Waals surface area contributed by atoms with Gasteiger partial charge in [-0.1, -0.05) is 18.2 Å². The number of esters is 4. The van der Waals surface area contributed by atoms with Crippen LogP contribution in [-0.4, -0.2) is 53.6 Å². The Balaban J connectivity index is 0.871. The predicted octanol–water partition coefficient (Wildman–Crippen LogP) is 10.5. The molecule has 11 nitrogen and oxygen atoms in total. The fourth-order valence-corrected chi connectivity index (χ4v) is 12.1. The Morgan fingerprint density at radius 1 is 0.532 bits per heavy atom. The number of aromatic nitrogens is 1. The van der Waals surface area contributed by atoms with Crippen molar-refractivity contribution in [1.82, 2.24) is 4.98 Å². The van der Waals surface area contributed by atoms with Gasteiger partial charge in [0, 0.05) is 16.5 Å². The molecule has 4 aliphatic rings. The van der Waals surface area contributed by atoms with Gasteiger partial charge >= 0.3 is 23.9 Å². The van der Waals surface area contributed by atoms with Crippen molar-refractivity contribution in [1.29, 1.82) is 0 Å². The zero-order valence-electron chi connectivity index (χ0n) is 35.7. The molecule has 330 valence electrons. The van der Waals surface area contributed by atoms with Crippen LogP contribution in [0.2, 0.25) is 0 Å². The topological polar surface area (TPSA) is 152 Å². The second-order valence-corrected chi connectivity index (χ2v) is 20.3. The lowest BCUT2D eigenvalue weighted by Gasteiger charge is -2.29. The van der Waals surface area contributed by atoms with Crippen molar-refractivity contribution in [3.05, 3.63) is 42.5 Å². The summed E-state index contributed by atoms with van der Waals surface area (Å²) in [5.74, 6) is -0.270. The maximum absolute atomic E-state index is 13.7. The summed E-state index contributed by atoms with van der Waals surface area (Å²) >= 11 is 3.03. The van der Waals surface area contributed by atoms with Gasteiger partial charge in [-0.25, -0.2) is 4.98 Å². The van der Waals surface area contributed by atoms with Crippen LogP contribution in [0.15, 0.2) is 42.5 Å². The van der Waals surface area contributed by atoms with Crippen molar-refractivity contribution in [3.8, 4) is 21.4 Å². The third-order valence-electron chi connectivity index (χ3n) is 14.1. The number of benzene rings is 2. The molecule has 4 aliphatic carbocycles. The third kappa shape index (κ3) is 10.5. The van der Waals surface area contributed by atoms with E-state index in [-0.39, 0.29) is 82.8 Å². The van der Waals surface area contributed by atoms with Crippen LogP contribution < -0.4 is 9.47 Å². The van der Waals surface area contributed by atoms with E-state index >= 15 is 0 Å². The molecule has 0 N–H and O–H groups in total. The van der Waals surface area contributed by atoms with Crippen molar-refractivity contribution < 1.29 is 47.7 Å². The summed E-state index contributed by atoms with van der Waals surface area (Å²) in [7, 11) is 0. The molecule has 0 atom stereocenters. The molecular weight excluding hydrogens is 827 g/mol. The normalized spacial score (nSPS) is 26.7. The summed E-state index contributed by atoms with van der Waals surface area (Å²) in [5, 5.41) is 1.85. The molecule has 0 bridgehead atoms. The maximum Gasteiger partial charge on any atom is 0.314 e. The monoisotopic (exact) mass is 883 g/mol. The van der Waals surface area contributed by atoms with E-state index in [4.69, 9.17) is 23.9 Å². The van der Waals surface area contributed by atoms with E-state index in [0.29, 0.717) is 86.3 Å². The van der Waals surface area contributed by atoms with E-state index in [1.54, 1.807) is 37.3 Å². The number of Topliss-reactive ketones (excluding diaryl/α,β-unsaturated/α-hetero) is 2. The minimum atomic E-state index is -0.326. The second-order valence-electron chi connectivity index (χ2n) is 18.3. The molecule has 0 spiro atoms. The minimum absolute atomic E-state index is 0.0606. The minimum Gasteiger partial charge on any atom is -0.465 e. The van der Waals surface area contributed by atoms with Gasteiger partial charge in [-0.3, -0.25) is 28.8 Å². The zero-order chi connectivity index (χ0) is 43.3. The first-order valence-electron chi connectivity index (χ1n) is 22.7. The van der Waals surface area contributed by atoms with Gasteiger partial charge in [-0.15, -0.1) is 22.7 Å². The smallest absolute Gasteiger partial charge is 0.314 e. The highest BCUT2D eigenvalue weighted by molar-refractivity contribution is 7.28. The third-order valence-corrected chi connectivity index (χ3v) is 16.4. The number of ketones is 2. The lowest BCUT2D eigenvalue weighted by molar-refractivity contribution is -0.153. The summed E-state index contributed by atoms with van der Waals surface area (Å²) in [6, 6.07) is 13.6. The van der Waals surface area contributed by atoms with Crippen LogP contribution in [0.5, 0.6) is 11.5 Å². The summed E-state index contributed by atoms with van der Waals surface area (Å²) in [6.07, 6.45) is 11.3. The molecule has 2 aromatic heterocycles. The number of carbonyl (C=O) groups excluding carboxylic acids is 6. The Hall–Kier alpha value is -4.49. The van der Waals surface area contributed by atoms with Crippen LogP contribution in [0.1, 0.15) is 117 Å². The SMILES string of the molecule is CC(=O)C1CCC(C(=O)OCC2CCC(C(=O)Oc3ccc(OC(=O)C4CCC(COC(=O)C5CCC(C(C)=O)CC5)CC4)c4sc(-c5cc6ccccc6s5)nc34)CC2)CC1. The molecule has 4 aromatic rings. The van der Waals surface area contributed by atoms with E-state index in [1.807, 2.05) is 12.1 Å². The molecule has 2 aromatic carbocycles. The summed E-state index contributed by atoms with van der Waals surface area (Å²) < 4.78 is 25.5. The largest absolute Gasteiger partial charge is 0.465 e. The number of ether oxygens (including phenoxy) is 4. The highest BCUT2D eigenvalue weighted by Crippen LogP contribution is 2.45. The Labute approximate surface area is 370 Å². The van der Waals surface area contributed by atoms with Gasteiger partial charge in [-0.05, 0) is 158 Å². The number of nitrogens with zero attached hydrogens (tertiary/aromatic N) is 1.